The zero-order valence-electron chi connectivity index (χ0n) is 11.9. The highest BCUT2D eigenvalue weighted by Crippen LogP contribution is 2.21. The molecule has 1 N–H and O–H groups in total. The second-order valence-electron chi connectivity index (χ2n) is 5.00. The van der Waals surface area contributed by atoms with E-state index in [1.807, 2.05) is 6.92 Å². The molecule has 20 heavy (non-hydrogen) atoms. The summed E-state index contributed by atoms with van der Waals surface area (Å²) in [6.45, 7) is 6.44. The first-order valence-electron chi connectivity index (χ1n) is 6.50. The first-order valence-corrected chi connectivity index (χ1v) is 6.50. The number of carbonyl (C=O) groups is 1. The predicted octanol–water partition coefficient (Wildman–Crippen LogP) is 3.89. The van der Waals surface area contributed by atoms with E-state index in [1.54, 1.807) is 18.2 Å². The van der Waals surface area contributed by atoms with E-state index >= 15 is 0 Å². The van der Waals surface area contributed by atoms with Crippen molar-refractivity contribution in [2.45, 2.75) is 27.4 Å². The highest BCUT2D eigenvalue weighted by atomic mass is 16.5. The fourth-order valence-electron chi connectivity index (χ4n) is 2.06. The van der Waals surface area contributed by atoms with E-state index in [4.69, 9.17) is 9.84 Å². The number of benzene rings is 2. The minimum absolute atomic E-state index is 0.279. The van der Waals surface area contributed by atoms with E-state index in [-0.39, 0.29) is 5.56 Å². The molecule has 0 aliphatic rings. The molecule has 0 amide bonds. The van der Waals surface area contributed by atoms with Crippen LogP contribution in [0.4, 0.5) is 0 Å². The summed E-state index contributed by atoms with van der Waals surface area (Å²) < 4.78 is 5.80. The molecular formula is C17H18O3. The smallest absolute Gasteiger partial charge is 0.335 e. The molecule has 0 aliphatic heterocycles. The molecule has 0 spiro atoms. The number of aryl methyl sites for hydroxylation is 3. The summed E-state index contributed by atoms with van der Waals surface area (Å²) in [5.74, 6) is -0.204. The van der Waals surface area contributed by atoms with Gasteiger partial charge in [-0.05, 0) is 55.7 Å². The first kappa shape index (κ1) is 14.1. The van der Waals surface area contributed by atoms with Gasteiger partial charge in [-0.15, -0.1) is 0 Å². The van der Waals surface area contributed by atoms with E-state index in [2.05, 4.69) is 32.0 Å². The Labute approximate surface area is 118 Å². The lowest BCUT2D eigenvalue weighted by atomic mass is 10.1. The number of hydrogen-bond donors (Lipinski definition) is 1. The Bertz CT molecular complexity index is 645. The van der Waals surface area contributed by atoms with Crippen molar-refractivity contribution < 1.29 is 14.6 Å². The fourth-order valence-corrected chi connectivity index (χ4v) is 2.06. The van der Waals surface area contributed by atoms with Gasteiger partial charge in [-0.3, -0.25) is 0 Å². The van der Waals surface area contributed by atoms with Gasteiger partial charge in [-0.25, -0.2) is 4.79 Å². The molecular weight excluding hydrogens is 252 g/mol. The van der Waals surface area contributed by atoms with Crippen LogP contribution in [0, 0.1) is 20.8 Å². The van der Waals surface area contributed by atoms with Crippen molar-refractivity contribution in [3.05, 3.63) is 64.2 Å². The molecule has 0 fully saturated rings. The standard InChI is InChI=1S/C17H18O3/c1-11-4-5-12(2)15(8-11)10-20-16-7-6-14(17(18)19)9-13(16)3/h4-9H,10H2,1-3H3,(H,18,19). The number of ether oxygens (including phenoxy) is 1. The Morgan fingerprint density at radius 1 is 1.05 bits per heavy atom. The van der Waals surface area contributed by atoms with Gasteiger partial charge in [0.25, 0.3) is 0 Å². The molecule has 3 nitrogen and oxygen atoms in total. The van der Waals surface area contributed by atoms with E-state index in [0.717, 1.165) is 16.9 Å². The highest BCUT2D eigenvalue weighted by Gasteiger charge is 2.07. The number of hydrogen-bond acceptors (Lipinski definition) is 2. The zero-order valence-corrected chi connectivity index (χ0v) is 11.9. The monoisotopic (exact) mass is 270 g/mol. The van der Waals surface area contributed by atoms with Crippen LogP contribution in [0.1, 0.15) is 32.6 Å². The summed E-state index contributed by atoms with van der Waals surface area (Å²) in [6.07, 6.45) is 0. The zero-order chi connectivity index (χ0) is 14.7. The van der Waals surface area contributed by atoms with E-state index in [1.165, 1.54) is 11.1 Å². The lowest BCUT2D eigenvalue weighted by Gasteiger charge is -2.12. The molecule has 0 saturated heterocycles. The van der Waals surface area contributed by atoms with Crippen molar-refractivity contribution in [3.63, 3.8) is 0 Å². The first-order chi connectivity index (χ1) is 9.47. The van der Waals surface area contributed by atoms with Gasteiger partial charge >= 0.3 is 5.97 Å². The topological polar surface area (TPSA) is 46.5 Å². The Morgan fingerprint density at radius 2 is 1.80 bits per heavy atom. The molecule has 0 aliphatic carbocycles. The molecule has 0 aromatic heterocycles. The maximum atomic E-state index is 10.9. The van der Waals surface area contributed by atoms with Gasteiger partial charge in [0.2, 0.25) is 0 Å². The van der Waals surface area contributed by atoms with Crippen LogP contribution >= 0.6 is 0 Å². The van der Waals surface area contributed by atoms with Gasteiger partial charge in [0.1, 0.15) is 12.4 Å². The molecule has 0 unspecified atom stereocenters. The van der Waals surface area contributed by atoms with Crippen molar-refractivity contribution in [1.82, 2.24) is 0 Å². The van der Waals surface area contributed by atoms with Crippen molar-refractivity contribution >= 4 is 5.97 Å². The van der Waals surface area contributed by atoms with Crippen molar-refractivity contribution in [2.75, 3.05) is 0 Å². The molecule has 0 heterocycles. The Hall–Kier alpha value is -2.29. The third-order valence-electron chi connectivity index (χ3n) is 3.31. The molecule has 104 valence electrons. The van der Waals surface area contributed by atoms with Crippen LogP contribution < -0.4 is 4.74 Å². The second kappa shape index (κ2) is 5.78. The molecule has 0 bridgehead atoms. The Balaban J connectivity index is 2.15. The average Bonchev–Trinajstić information content (AvgIpc) is 2.40. The third-order valence-corrected chi connectivity index (χ3v) is 3.31. The van der Waals surface area contributed by atoms with E-state index in [0.29, 0.717) is 6.61 Å². The lowest BCUT2D eigenvalue weighted by Crippen LogP contribution is -2.01. The van der Waals surface area contributed by atoms with Crippen LogP contribution in [0.2, 0.25) is 0 Å². The molecule has 3 heteroatoms. The van der Waals surface area contributed by atoms with E-state index < -0.39 is 5.97 Å². The molecule has 0 radical (unpaired) electrons. The lowest BCUT2D eigenvalue weighted by molar-refractivity contribution is 0.0696. The number of rotatable bonds is 4. The summed E-state index contributed by atoms with van der Waals surface area (Å²) in [7, 11) is 0. The van der Waals surface area contributed by atoms with Gasteiger partial charge in [0.15, 0.2) is 0 Å². The second-order valence-corrected chi connectivity index (χ2v) is 5.00. The summed E-state index contributed by atoms with van der Waals surface area (Å²) in [5, 5.41) is 8.93. The van der Waals surface area contributed by atoms with Crippen molar-refractivity contribution in [3.8, 4) is 5.75 Å². The Morgan fingerprint density at radius 3 is 2.45 bits per heavy atom. The largest absolute Gasteiger partial charge is 0.489 e. The molecule has 2 aromatic rings. The van der Waals surface area contributed by atoms with Crippen LogP contribution in [0.25, 0.3) is 0 Å². The maximum Gasteiger partial charge on any atom is 0.335 e. The van der Waals surface area contributed by atoms with Gasteiger partial charge < -0.3 is 9.84 Å². The number of carboxylic acid groups (broad SMARTS) is 1. The van der Waals surface area contributed by atoms with Gasteiger partial charge in [0, 0.05) is 0 Å². The number of aromatic carboxylic acids is 1. The summed E-state index contributed by atoms with van der Waals surface area (Å²) >= 11 is 0. The SMILES string of the molecule is Cc1ccc(C)c(COc2ccc(C(=O)O)cc2C)c1. The molecule has 2 aromatic carbocycles. The minimum atomic E-state index is -0.922. The molecule has 2 rings (SSSR count). The van der Waals surface area contributed by atoms with Crippen LogP contribution in [0.15, 0.2) is 36.4 Å². The highest BCUT2D eigenvalue weighted by molar-refractivity contribution is 5.88. The van der Waals surface area contributed by atoms with Crippen LogP contribution in [0.5, 0.6) is 5.75 Å². The predicted molar refractivity (Wildman–Crippen MR) is 78.4 cm³/mol. The van der Waals surface area contributed by atoms with E-state index in [9.17, 15) is 4.79 Å². The van der Waals surface area contributed by atoms with Gasteiger partial charge in [-0.1, -0.05) is 23.8 Å². The van der Waals surface area contributed by atoms with Crippen LogP contribution in [-0.4, -0.2) is 11.1 Å². The number of carboxylic acids is 1. The summed E-state index contributed by atoms with van der Waals surface area (Å²) in [4.78, 5) is 10.9. The average molecular weight is 270 g/mol. The molecule has 0 atom stereocenters. The van der Waals surface area contributed by atoms with Crippen molar-refractivity contribution in [1.29, 1.82) is 0 Å². The van der Waals surface area contributed by atoms with Crippen LogP contribution in [0.3, 0.4) is 0 Å². The van der Waals surface area contributed by atoms with Crippen LogP contribution in [-0.2, 0) is 6.61 Å². The summed E-state index contributed by atoms with van der Waals surface area (Å²) in [6, 6.07) is 11.2. The Kier molecular flexibility index (Phi) is 4.08. The third kappa shape index (κ3) is 3.18. The van der Waals surface area contributed by atoms with Gasteiger partial charge in [0.05, 0.1) is 5.56 Å². The maximum absolute atomic E-state index is 10.9. The molecule has 0 saturated carbocycles. The fraction of sp³-hybridized carbons (Fsp3) is 0.235. The quantitative estimate of drug-likeness (QED) is 0.916. The summed E-state index contributed by atoms with van der Waals surface area (Å²) in [5.41, 5.74) is 4.64. The normalized spacial score (nSPS) is 10.3. The minimum Gasteiger partial charge on any atom is -0.489 e. The van der Waals surface area contributed by atoms with Crippen molar-refractivity contribution in [2.24, 2.45) is 0 Å². The van der Waals surface area contributed by atoms with Gasteiger partial charge in [-0.2, -0.15) is 0 Å².